The zero-order valence-corrected chi connectivity index (χ0v) is 15.3. The van der Waals surface area contributed by atoms with E-state index < -0.39 is 12.5 Å². The van der Waals surface area contributed by atoms with E-state index in [1.807, 2.05) is 17.5 Å². The van der Waals surface area contributed by atoms with E-state index in [9.17, 15) is 17.6 Å². The number of thiophene rings is 1. The molecular weight excluding hydrogens is 392 g/mol. The third-order valence-electron chi connectivity index (χ3n) is 4.01. The molecule has 0 amide bonds. The summed E-state index contributed by atoms with van der Waals surface area (Å²) in [6, 6.07) is 9.84. The second-order valence-electron chi connectivity index (χ2n) is 5.74. The van der Waals surface area contributed by atoms with Crippen molar-refractivity contribution < 1.29 is 22.3 Å². The van der Waals surface area contributed by atoms with Gasteiger partial charge in [-0.2, -0.15) is 17.6 Å². The second kappa shape index (κ2) is 9.03. The number of halogens is 5. The zero-order chi connectivity index (χ0) is 17.9. The summed E-state index contributed by atoms with van der Waals surface area (Å²) < 4.78 is 55.4. The van der Waals surface area contributed by atoms with Crippen molar-refractivity contribution in [1.29, 1.82) is 0 Å². The number of hydrogen-bond donors (Lipinski definition) is 1. The van der Waals surface area contributed by atoms with Gasteiger partial charge in [0.25, 0.3) is 0 Å². The number of piperazine rings is 1. The van der Waals surface area contributed by atoms with Crippen LogP contribution in [0.4, 0.5) is 17.6 Å². The van der Waals surface area contributed by atoms with Gasteiger partial charge in [-0.15, -0.1) is 23.7 Å². The molecule has 1 aromatic carbocycles. The minimum Gasteiger partial charge on any atom is -0.428 e. The first kappa shape index (κ1) is 21.0. The van der Waals surface area contributed by atoms with Crippen LogP contribution in [0.1, 0.15) is 16.5 Å². The number of ether oxygens (including phenoxy) is 1. The Bertz CT molecular complexity index is 681. The lowest BCUT2D eigenvalue weighted by atomic mass is 10.0. The molecule has 0 bridgehead atoms. The molecule has 9 heteroatoms. The van der Waals surface area contributed by atoms with Crippen molar-refractivity contribution in [2.45, 2.75) is 18.6 Å². The summed E-state index contributed by atoms with van der Waals surface area (Å²) >= 11 is 1.57. The molecule has 1 aliphatic heterocycles. The van der Waals surface area contributed by atoms with Crippen LogP contribution in [-0.4, -0.2) is 43.6 Å². The molecule has 2 heterocycles. The molecule has 0 radical (unpaired) electrons. The van der Waals surface area contributed by atoms with Crippen LogP contribution in [0.15, 0.2) is 41.8 Å². The standard InChI is InChI=1S/C17H18F4N2OS.ClH/c18-16(19)17(20,21)24-13-4-1-3-12(11-13)15(14-5-2-10-25-14)23-8-6-22-7-9-23;/h1-5,10-11,15-16,22H,6-9H2;1H/t15-;/m1./s1. The summed E-state index contributed by atoms with van der Waals surface area (Å²) in [6.07, 6.45) is -8.39. The number of hydrogen-bond acceptors (Lipinski definition) is 4. The summed E-state index contributed by atoms with van der Waals surface area (Å²) in [5.41, 5.74) is 0.743. The molecule has 0 saturated carbocycles. The van der Waals surface area contributed by atoms with E-state index in [0.717, 1.165) is 36.6 Å². The van der Waals surface area contributed by atoms with E-state index in [1.165, 1.54) is 12.1 Å². The highest BCUT2D eigenvalue weighted by atomic mass is 35.5. The van der Waals surface area contributed by atoms with Crippen molar-refractivity contribution in [3.8, 4) is 5.75 Å². The van der Waals surface area contributed by atoms with Crippen LogP contribution in [0.5, 0.6) is 5.75 Å². The van der Waals surface area contributed by atoms with Gasteiger partial charge in [0.15, 0.2) is 0 Å². The smallest absolute Gasteiger partial charge is 0.428 e. The summed E-state index contributed by atoms with van der Waals surface area (Å²) in [7, 11) is 0. The van der Waals surface area contributed by atoms with Crippen LogP contribution in [0.2, 0.25) is 0 Å². The summed E-state index contributed by atoms with van der Waals surface area (Å²) in [4.78, 5) is 3.31. The zero-order valence-electron chi connectivity index (χ0n) is 13.7. The van der Waals surface area contributed by atoms with Gasteiger partial charge in [-0.1, -0.05) is 18.2 Å². The maximum Gasteiger partial charge on any atom is 0.461 e. The van der Waals surface area contributed by atoms with Crippen LogP contribution in [-0.2, 0) is 0 Å². The number of benzene rings is 1. The van der Waals surface area contributed by atoms with Gasteiger partial charge in [0.1, 0.15) is 5.75 Å². The van der Waals surface area contributed by atoms with Gasteiger partial charge in [-0.05, 0) is 29.1 Å². The maximum atomic E-state index is 13.2. The third-order valence-corrected chi connectivity index (χ3v) is 4.94. The molecule has 1 aromatic heterocycles. The quantitative estimate of drug-likeness (QED) is 0.714. The Morgan fingerprint density at radius 3 is 2.46 bits per heavy atom. The highest BCUT2D eigenvalue weighted by molar-refractivity contribution is 7.10. The third kappa shape index (κ3) is 4.88. The van der Waals surface area contributed by atoms with Gasteiger partial charge >= 0.3 is 12.5 Å². The number of rotatable bonds is 6. The predicted octanol–water partition coefficient (Wildman–Crippen LogP) is 4.40. The minimum atomic E-state index is -4.51. The highest BCUT2D eigenvalue weighted by Gasteiger charge is 2.44. The molecule has 3 nitrogen and oxygen atoms in total. The maximum absolute atomic E-state index is 13.2. The number of alkyl halides is 4. The van der Waals surface area contributed by atoms with Crippen molar-refractivity contribution in [2.75, 3.05) is 26.2 Å². The molecular formula is C17H19ClF4N2OS. The van der Waals surface area contributed by atoms with E-state index in [2.05, 4.69) is 15.0 Å². The normalized spacial score (nSPS) is 17.0. The molecule has 1 N–H and O–H groups in total. The van der Waals surface area contributed by atoms with Crippen LogP contribution < -0.4 is 10.1 Å². The molecule has 1 saturated heterocycles. The SMILES string of the molecule is Cl.FC(F)C(F)(F)Oc1cccc([C@H](c2cccs2)N2CCNCC2)c1. The molecule has 3 rings (SSSR count). The molecule has 2 aromatic rings. The number of nitrogens with one attached hydrogen (secondary N) is 1. The van der Waals surface area contributed by atoms with Gasteiger partial charge in [0, 0.05) is 31.1 Å². The molecule has 1 aliphatic rings. The molecule has 26 heavy (non-hydrogen) atoms. The van der Waals surface area contributed by atoms with Gasteiger partial charge in [-0.25, -0.2) is 0 Å². The summed E-state index contributed by atoms with van der Waals surface area (Å²) in [6.45, 7) is 3.28. The van der Waals surface area contributed by atoms with E-state index in [-0.39, 0.29) is 24.2 Å². The van der Waals surface area contributed by atoms with Crippen molar-refractivity contribution in [1.82, 2.24) is 10.2 Å². The fourth-order valence-electron chi connectivity index (χ4n) is 2.89. The van der Waals surface area contributed by atoms with E-state index in [1.54, 1.807) is 23.5 Å². The summed E-state index contributed by atoms with van der Waals surface area (Å²) in [5, 5.41) is 5.23. The Kier molecular flexibility index (Phi) is 7.28. The van der Waals surface area contributed by atoms with Gasteiger partial charge in [0.2, 0.25) is 0 Å². The highest BCUT2D eigenvalue weighted by Crippen LogP contribution is 2.35. The Labute approximate surface area is 159 Å². The van der Waals surface area contributed by atoms with E-state index >= 15 is 0 Å². The lowest BCUT2D eigenvalue weighted by molar-refractivity contribution is -0.253. The first-order chi connectivity index (χ1) is 12.0. The largest absolute Gasteiger partial charge is 0.461 e. The van der Waals surface area contributed by atoms with Gasteiger partial charge in [-0.3, -0.25) is 4.90 Å². The molecule has 0 spiro atoms. The van der Waals surface area contributed by atoms with Crippen molar-refractivity contribution in [3.63, 3.8) is 0 Å². The Balaban J connectivity index is 0.00000243. The van der Waals surface area contributed by atoms with E-state index in [4.69, 9.17) is 0 Å². The molecule has 144 valence electrons. The Morgan fingerprint density at radius 1 is 1.12 bits per heavy atom. The number of nitrogens with zero attached hydrogens (tertiary/aromatic N) is 1. The fraction of sp³-hybridized carbons (Fsp3) is 0.412. The molecule has 0 aliphatic carbocycles. The van der Waals surface area contributed by atoms with Crippen LogP contribution in [0.25, 0.3) is 0 Å². The van der Waals surface area contributed by atoms with Crippen LogP contribution in [0.3, 0.4) is 0 Å². The van der Waals surface area contributed by atoms with Crippen LogP contribution >= 0.6 is 23.7 Å². The van der Waals surface area contributed by atoms with Gasteiger partial charge < -0.3 is 10.1 Å². The average Bonchev–Trinajstić information content (AvgIpc) is 3.10. The van der Waals surface area contributed by atoms with Crippen LogP contribution in [0, 0.1) is 0 Å². The Morgan fingerprint density at radius 2 is 1.85 bits per heavy atom. The average molecular weight is 411 g/mol. The molecule has 1 atom stereocenters. The van der Waals surface area contributed by atoms with Gasteiger partial charge in [0.05, 0.1) is 6.04 Å². The van der Waals surface area contributed by atoms with Crippen molar-refractivity contribution >= 4 is 23.7 Å². The monoisotopic (exact) mass is 410 g/mol. The second-order valence-corrected chi connectivity index (χ2v) is 6.72. The first-order valence-corrected chi connectivity index (χ1v) is 8.78. The predicted molar refractivity (Wildman–Crippen MR) is 95.9 cm³/mol. The lowest BCUT2D eigenvalue weighted by Gasteiger charge is -2.35. The van der Waals surface area contributed by atoms with E-state index in [0.29, 0.717) is 0 Å². The minimum absolute atomic E-state index is 0. The van der Waals surface area contributed by atoms with Crippen molar-refractivity contribution in [3.05, 3.63) is 52.2 Å². The lowest BCUT2D eigenvalue weighted by Crippen LogP contribution is -2.45. The Hall–Kier alpha value is -1.35. The van der Waals surface area contributed by atoms with Crippen molar-refractivity contribution in [2.24, 2.45) is 0 Å². The molecule has 1 fully saturated rings. The fourth-order valence-corrected chi connectivity index (χ4v) is 3.78. The topological polar surface area (TPSA) is 24.5 Å². The summed E-state index contributed by atoms with van der Waals surface area (Å²) in [5.74, 6) is -0.264. The molecule has 0 unspecified atom stereocenters. The first-order valence-electron chi connectivity index (χ1n) is 7.90.